The molecule has 0 bridgehead atoms. The summed E-state index contributed by atoms with van der Waals surface area (Å²) in [5.74, 6) is -1.57. The molecule has 0 saturated heterocycles. The molecule has 1 aromatic rings. The molecule has 1 rings (SSSR count). The molecule has 0 fully saturated rings. The Kier molecular flexibility index (Phi) is 4.23. The summed E-state index contributed by atoms with van der Waals surface area (Å²) < 4.78 is 4.93. The van der Waals surface area contributed by atoms with E-state index in [1.807, 2.05) is 0 Å². The van der Waals surface area contributed by atoms with Crippen LogP contribution in [-0.4, -0.2) is 30.7 Å². The number of carbonyl (C=O) groups excluding carboxylic acids is 1. The summed E-state index contributed by atoms with van der Waals surface area (Å²) >= 11 is 0. The minimum atomic E-state index is -1.54. The fraction of sp³-hybridized carbons (Fsp3) is 0.333. The molecule has 5 nitrogen and oxygen atoms in total. The van der Waals surface area contributed by atoms with Crippen molar-refractivity contribution in [3.05, 3.63) is 35.9 Å². The fourth-order valence-corrected chi connectivity index (χ4v) is 1.67. The van der Waals surface area contributed by atoms with Crippen LogP contribution in [0.25, 0.3) is 0 Å². The van der Waals surface area contributed by atoms with Gasteiger partial charge in [-0.3, -0.25) is 4.79 Å². The van der Waals surface area contributed by atoms with Gasteiger partial charge >= 0.3 is 5.97 Å². The number of benzene rings is 1. The summed E-state index contributed by atoms with van der Waals surface area (Å²) in [5, 5.41) is 11.8. The first-order valence-corrected chi connectivity index (χ1v) is 5.09. The standard InChI is InChI=1S/C12H15NO4/c1-9(14)13-12(8-17-2,11(15)16)10-6-4-3-5-7-10/h3-7H,8H2,1-2H3,(H,13,14)(H,15,16). The van der Waals surface area contributed by atoms with Gasteiger partial charge < -0.3 is 15.2 Å². The SMILES string of the molecule is COCC(NC(C)=O)(C(=O)O)c1ccccc1. The van der Waals surface area contributed by atoms with E-state index in [9.17, 15) is 14.7 Å². The maximum atomic E-state index is 11.5. The second-order valence-corrected chi connectivity index (χ2v) is 3.69. The van der Waals surface area contributed by atoms with Gasteiger partial charge in [0.05, 0.1) is 6.61 Å². The first-order chi connectivity index (χ1) is 8.03. The minimum absolute atomic E-state index is 0.133. The van der Waals surface area contributed by atoms with Crippen molar-refractivity contribution in [2.45, 2.75) is 12.5 Å². The highest BCUT2D eigenvalue weighted by atomic mass is 16.5. The maximum Gasteiger partial charge on any atom is 0.336 e. The van der Waals surface area contributed by atoms with E-state index in [4.69, 9.17) is 4.74 Å². The molecule has 5 heteroatoms. The Morgan fingerprint density at radius 1 is 1.35 bits per heavy atom. The molecule has 0 saturated carbocycles. The third-order valence-corrected chi connectivity index (χ3v) is 2.38. The predicted molar refractivity (Wildman–Crippen MR) is 61.4 cm³/mol. The van der Waals surface area contributed by atoms with Gasteiger partial charge in [0.1, 0.15) is 0 Å². The number of carbonyl (C=O) groups is 2. The Morgan fingerprint density at radius 3 is 2.35 bits per heavy atom. The molecule has 1 atom stereocenters. The maximum absolute atomic E-state index is 11.5. The zero-order chi connectivity index (χ0) is 12.9. The smallest absolute Gasteiger partial charge is 0.336 e. The third-order valence-electron chi connectivity index (χ3n) is 2.38. The fourth-order valence-electron chi connectivity index (χ4n) is 1.67. The molecule has 1 unspecified atom stereocenters. The molecule has 0 aliphatic carbocycles. The van der Waals surface area contributed by atoms with E-state index in [1.54, 1.807) is 30.3 Å². The van der Waals surface area contributed by atoms with Crippen molar-refractivity contribution >= 4 is 11.9 Å². The average molecular weight is 237 g/mol. The van der Waals surface area contributed by atoms with Crippen molar-refractivity contribution < 1.29 is 19.4 Å². The lowest BCUT2D eigenvalue weighted by atomic mass is 9.90. The number of amides is 1. The summed E-state index contributed by atoms with van der Waals surface area (Å²) in [6.45, 7) is 1.14. The molecule has 92 valence electrons. The second-order valence-electron chi connectivity index (χ2n) is 3.69. The van der Waals surface area contributed by atoms with Crippen molar-refractivity contribution in [1.29, 1.82) is 0 Å². The Bertz CT molecular complexity index is 404. The Balaban J connectivity index is 3.24. The zero-order valence-electron chi connectivity index (χ0n) is 9.77. The first-order valence-electron chi connectivity index (χ1n) is 5.09. The van der Waals surface area contributed by atoms with E-state index >= 15 is 0 Å². The normalized spacial score (nSPS) is 13.8. The van der Waals surface area contributed by atoms with Crippen LogP contribution in [0, 0.1) is 0 Å². The first kappa shape index (κ1) is 13.2. The third kappa shape index (κ3) is 2.82. The highest BCUT2D eigenvalue weighted by Crippen LogP contribution is 2.22. The Hall–Kier alpha value is -1.88. The largest absolute Gasteiger partial charge is 0.479 e. The van der Waals surface area contributed by atoms with Crippen molar-refractivity contribution in [2.75, 3.05) is 13.7 Å². The van der Waals surface area contributed by atoms with E-state index < -0.39 is 17.4 Å². The van der Waals surface area contributed by atoms with Gasteiger partial charge in [0.25, 0.3) is 0 Å². The van der Waals surface area contributed by atoms with Gasteiger partial charge in [0, 0.05) is 14.0 Å². The van der Waals surface area contributed by atoms with Crippen LogP contribution in [0.3, 0.4) is 0 Å². The number of carboxylic acid groups (broad SMARTS) is 1. The molecular weight excluding hydrogens is 222 g/mol. The molecule has 0 aromatic heterocycles. The van der Waals surface area contributed by atoms with Gasteiger partial charge in [-0.25, -0.2) is 4.79 Å². The van der Waals surface area contributed by atoms with E-state index in [0.717, 1.165) is 0 Å². The van der Waals surface area contributed by atoms with Crippen molar-refractivity contribution in [3.8, 4) is 0 Å². The summed E-state index contributed by atoms with van der Waals surface area (Å²) in [7, 11) is 1.39. The number of hydrogen-bond acceptors (Lipinski definition) is 3. The van der Waals surface area contributed by atoms with Gasteiger partial charge in [-0.1, -0.05) is 30.3 Å². The quantitative estimate of drug-likeness (QED) is 0.792. The molecule has 1 amide bonds. The summed E-state index contributed by atoms with van der Waals surface area (Å²) in [5.41, 5.74) is -1.06. The molecule has 0 aliphatic heterocycles. The average Bonchev–Trinajstić information content (AvgIpc) is 2.28. The van der Waals surface area contributed by atoms with E-state index in [-0.39, 0.29) is 6.61 Å². The van der Waals surface area contributed by atoms with Crippen LogP contribution >= 0.6 is 0 Å². The lowest BCUT2D eigenvalue weighted by Crippen LogP contribution is -2.54. The summed E-state index contributed by atoms with van der Waals surface area (Å²) in [6.07, 6.45) is 0. The number of rotatable bonds is 5. The minimum Gasteiger partial charge on any atom is -0.479 e. The predicted octanol–water partition coefficient (Wildman–Crippen LogP) is 0.749. The van der Waals surface area contributed by atoms with Gasteiger partial charge in [-0.15, -0.1) is 0 Å². The number of hydrogen-bond donors (Lipinski definition) is 2. The molecule has 0 spiro atoms. The number of carboxylic acids is 1. The highest BCUT2D eigenvalue weighted by molar-refractivity contribution is 5.87. The van der Waals surface area contributed by atoms with Gasteiger partial charge in [0.15, 0.2) is 5.54 Å². The lowest BCUT2D eigenvalue weighted by Gasteiger charge is -2.29. The molecular formula is C12H15NO4. The monoisotopic (exact) mass is 237 g/mol. The van der Waals surface area contributed by atoms with E-state index in [1.165, 1.54) is 14.0 Å². The van der Waals surface area contributed by atoms with Crippen LogP contribution in [0.4, 0.5) is 0 Å². The van der Waals surface area contributed by atoms with Crippen molar-refractivity contribution in [2.24, 2.45) is 0 Å². The van der Waals surface area contributed by atoms with Crippen LogP contribution < -0.4 is 5.32 Å². The number of aliphatic carboxylic acids is 1. The van der Waals surface area contributed by atoms with Crippen LogP contribution in [0.2, 0.25) is 0 Å². The van der Waals surface area contributed by atoms with Gasteiger partial charge in [0.2, 0.25) is 5.91 Å². The molecule has 1 aromatic carbocycles. The summed E-state index contributed by atoms with van der Waals surface area (Å²) in [6, 6.07) is 8.48. The molecule has 17 heavy (non-hydrogen) atoms. The zero-order valence-corrected chi connectivity index (χ0v) is 9.77. The number of methoxy groups -OCH3 is 1. The van der Waals surface area contributed by atoms with E-state index in [0.29, 0.717) is 5.56 Å². The Labute approximate surface area is 99.4 Å². The summed E-state index contributed by atoms with van der Waals surface area (Å²) in [4.78, 5) is 22.6. The van der Waals surface area contributed by atoms with Crippen LogP contribution in [0.1, 0.15) is 12.5 Å². The second kappa shape index (κ2) is 5.45. The van der Waals surface area contributed by atoms with Crippen LogP contribution in [0.15, 0.2) is 30.3 Å². The highest BCUT2D eigenvalue weighted by Gasteiger charge is 2.41. The number of ether oxygens (including phenoxy) is 1. The topological polar surface area (TPSA) is 75.6 Å². The van der Waals surface area contributed by atoms with Crippen LogP contribution in [-0.2, 0) is 19.9 Å². The lowest BCUT2D eigenvalue weighted by molar-refractivity contribution is -0.150. The van der Waals surface area contributed by atoms with Crippen LogP contribution in [0.5, 0.6) is 0 Å². The molecule has 2 N–H and O–H groups in total. The molecule has 0 aliphatic rings. The van der Waals surface area contributed by atoms with Crippen molar-refractivity contribution in [3.63, 3.8) is 0 Å². The Morgan fingerprint density at radius 2 is 1.94 bits per heavy atom. The van der Waals surface area contributed by atoms with E-state index in [2.05, 4.69) is 5.32 Å². The van der Waals surface area contributed by atoms with Crippen molar-refractivity contribution in [1.82, 2.24) is 5.32 Å². The van der Waals surface area contributed by atoms with Gasteiger partial charge in [-0.05, 0) is 5.56 Å². The number of nitrogens with one attached hydrogen (secondary N) is 1. The molecule has 0 radical (unpaired) electrons. The van der Waals surface area contributed by atoms with Gasteiger partial charge in [-0.2, -0.15) is 0 Å². The molecule has 0 heterocycles.